The van der Waals surface area contributed by atoms with Gasteiger partial charge in [0.15, 0.2) is 0 Å². The van der Waals surface area contributed by atoms with Crippen LogP contribution in [0.1, 0.15) is 45.3 Å². The van der Waals surface area contributed by atoms with Gasteiger partial charge in [0.25, 0.3) is 11.8 Å². The minimum absolute atomic E-state index is 0.106. The summed E-state index contributed by atoms with van der Waals surface area (Å²) in [6.45, 7) is 2.79. The van der Waals surface area contributed by atoms with Crippen LogP contribution in [0.25, 0.3) is 0 Å². The second kappa shape index (κ2) is 9.37. The van der Waals surface area contributed by atoms with E-state index in [0.717, 1.165) is 5.56 Å². The highest BCUT2D eigenvalue weighted by molar-refractivity contribution is 6.15. The van der Waals surface area contributed by atoms with Gasteiger partial charge in [0, 0.05) is 24.5 Å². The number of benzene rings is 2. The first-order valence-corrected chi connectivity index (χ1v) is 11.8. The van der Waals surface area contributed by atoms with Crippen LogP contribution >= 0.6 is 0 Å². The predicted molar refractivity (Wildman–Crippen MR) is 129 cm³/mol. The third kappa shape index (κ3) is 4.68. The van der Waals surface area contributed by atoms with Crippen molar-refractivity contribution in [3.8, 4) is 6.07 Å². The number of hydrogen-bond donors (Lipinski definition) is 1. The van der Waals surface area contributed by atoms with Gasteiger partial charge in [0.1, 0.15) is 11.7 Å². The van der Waals surface area contributed by atoms with Gasteiger partial charge in [-0.3, -0.25) is 19.2 Å². The van der Waals surface area contributed by atoms with Gasteiger partial charge in [-0.15, -0.1) is 0 Å². The number of nitrogens with zero attached hydrogens (tertiary/aromatic N) is 5. The van der Waals surface area contributed by atoms with Crippen molar-refractivity contribution in [1.29, 1.82) is 5.26 Å². The molecule has 1 aromatic heterocycles. The van der Waals surface area contributed by atoms with Crippen LogP contribution in [-0.2, 0) is 13.1 Å². The Labute approximate surface area is 210 Å². The zero-order valence-corrected chi connectivity index (χ0v) is 19.9. The number of carbonyl (C=O) groups excluding carboxylic acids is 2. The lowest BCUT2D eigenvalue weighted by molar-refractivity contribution is -0.212. The molecule has 0 bridgehead atoms. The highest BCUT2D eigenvalue weighted by Gasteiger charge is 2.48. The van der Waals surface area contributed by atoms with Crippen molar-refractivity contribution in [1.82, 2.24) is 14.7 Å². The van der Waals surface area contributed by atoms with Crippen LogP contribution < -0.4 is 10.2 Å². The van der Waals surface area contributed by atoms with Gasteiger partial charge in [-0.2, -0.15) is 23.5 Å². The molecule has 1 saturated heterocycles. The fourth-order valence-electron chi connectivity index (χ4n) is 4.80. The number of fused-ring (bicyclic) bond motifs is 1. The fraction of sp³-hybridized carbons (Fsp3) is 0.308. The van der Waals surface area contributed by atoms with Crippen LogP contribution in [-0.4, -0.2) is 51.3 Å². The van der Waals surface area contributed by atoms with Gasteiger partial charge in [0.2, 0.25) is 0 Å². The van der Waals surface area contributed by atoms with E-state index < -0.39 is 24.0 Å². The molecule has 2 aliphatic heterocycles. The van der Waals surface area contributed by atoms with Crippen molar-refractivity contribution in [2.24, 2.45) is 0 Å². The molecule has 1 fully saturated rings. The molecule has 190 valence electrons. The van der Waals surface area contributed by atoms with E-state index in [1.54, 1.807) is 47.4 Å². The molecule has 1 unspecified atom stereocenters. The van der Waals surface area contributed by atoms with Gasteiger partial charge in [-0.05, 0) is 49.2 Å². The van der Waals surface area contributed by atoms with Gasteiger partial charge >= 0.3 is 6.18 Å². The largest absolute Gasteiger partial charge is 0.404 e. The van der Waals surface area contributed by atoms with E-state index in [0.29, 0.717) is 30.0 Å². The number of rotatable bonds is 5. The SMILES string of the molecule is C[C@H]1Cn2ncc(C(=O)Nc3cccc(C#N)c3)c2C(=O)N1c1ccc(CN2CCC2C(F)(F)F)cc1. The molecule has 0 radical (unpaired) electrons. The van der Waals surface area contributed by atoms with Gasteiger partial charge < -0.3 is 10.2 Å². The molecule has 2 aliphatic rings. The van der Waals surface area contributed by atoms with E-state index in [9.17, 15) is 22.8 Å². The van der Waals surface area contributed by atoms with Crippen molar-refractivity contribution in [2.45, 2.75) is 44.7 Å². The number of aromatic nitrogens is 2. The summed E-state index contributed by atoms with van der Waals surface area (Å²) in [7, 11) is 0. The lowest BCUT2D eigenvalue weighted by Gasteiger charge is -2.41. The number of nitriles is 1. The van der Waals surface area contributed by atoms with E-state index in [2.05, 4.69) is 10.4 Å². The second-order valence-electron chi connectivity index (χ2n) is 9.24. The molecular formula is C26H23F3N6O2. The molecule has 37 heavy (non-hydrogen) atoms. The van der Waals surface area contributed by atoms with E-state index in [1.807, 2.05) is 13.0 Å². The first-order chi connectivity index (χ1) is 17.7. The van der Waals surface area contributed by atoms with Crippen molar-refractivity contribution in [3.63, 3.8) is 0 Å². The Morgan fingerprint density at radius 1 is 1.22 bits per heavy atom. The summed E-state index contributed by atoms with van der Waals surface area (Å²) in [6.07, 6.45) is -2.78. The maximum absolute atomic E-state index is 13.5. The lowest BCUT2D eigenvalue weighted by Crippen LogP contribution is -2.55. The second-order valence-corrected chi connectivity index (χ2v) is 9.24. The van der Waals surface area contributed by atoms with Crippen molar-refractivity contribution < 1.29 is 22.8 Å². The Bertz CT molecular complexity index is 1390. The summed E-state index contributed by atoms with van der Waals surface area (Å²) >= 11 is 0. The number of amides is 2. The standard InChI is InChI=1S/C26H23F3N6O2/c1-16-14-34-23(21(13-31-34)24(36)32-19-4-2-3-18(11-19)12-30)25(37)35(16)20-7-5-17(6-8-20)15-33-10-9-22(33)26(27,28)29/h2-8,11,13,16,22H,9-10,14-15H2,1H3,(H,32,36)/t16-,22?/m0/s1. The third-order valence-corrected chi connectivity index (χ3v) is 6.74. The molecule has 5 rings (SSSR count). The Morgan fingerprint density at radius 2 is 1.97 bits per heavy atom. The number of anilines is 2. The zero-order valence-electron chi connectivity index (χ0n) is 19.9. The average molecular weight is 509 g/mol. The maximum atomic E-state index is 13.5. The molecule has 1 N–H and O–H groups in total. The van der Waals surface area contributed by atoms with Gasteiger partial charge in [-0.25, -0.2) is 0 Å². The molecule has 0 aliphatic carbocycles. The Hall–Kier alpha value is -4.17. The van der Waals surface area contributed by atoms with E-state index in [1.165, 1.54) is 21.8 Å². The van der Waals surface area contributed by atoms with E-state index in [-0.39, 0.29) is 30.3 Å². The fourth-order valence-corrected chi connectivity index (χ4v) is 4.80. The van der Waals surface area contributed by atoms with Gasteiger partial charge in [0.05, 0.1) is 36.0 Å². The molecule has 2 atom stereocenters. The smallest absolute Gasteiger partial charge is 0.322 e. The molecule has 2 amide bonds. The normalized spacial score (nSPS) is 19.6. The number of alkyl halides is 3. The van der Waals surface area contributed by atoms with Crippen LogP contribution in [0.5, 0.6) is 0 Å². The zero-order chi connectivity index (χ0) is 26.3. The number of nitrogens with one attached hydrogen (secondary N) is 1. The van der Waals surface area contributed by atoms with Crippen LogP contribution in [0.2, 0.25) is 0 Å². The molecular weight excluding hydrogens is 485 g/mol. The minimum atomic E-state index is -4.24. The van der Waals surface area contributed by atoms with Crippen LogP contribution in [0.4, 0.5) is 24.5 Å². The highest BCUT2D eigenvalue weighted by atomic mass is 19.4. The monoisotopic (exact) mass is 508 g/mol. The number of hydrogen-bond acceptors (Lipinski definition) is 5. The topological polar surface area (TPSA) is 94.3 Å². The van der Waals surface area contributed by atoms with Crippen molar-refractivity contribution in [3.05, 3.63) is 77.1 Å². The summed E-state index contributed by atoms with van der Waals surface area (Å²) in [5, 5.41) is 16.0. The predicted octanol–water partition coefficient (Wildman–Crippen LogP) is 4.19. The molecule has 11 heteroatoms. The summed E-state index contributed by atoms with van der Waals surface area (Å²) in [5.74, 6) is -0.928. The van der Waals surface area contributed by atoms with Crippen molar-refractivity contribution >= 4 is 23.2 Å². The number of halogens is 3. The summed E-state index contributed by atoms with van der Waals surface area (Å²) in [4.78, 5) is 29.5. The minimum Gasteiger partial charge on any atom is -0.322 e. The summed E-state index contributed by atoms with van der Waals surface area (Å²) < 4.78 is 40.7. The average Bonchev–Trinajstić information content (AvgIpc) is 3.26. The van der Waals surface area contributed by atoms with Gasteiger partial charge in [-0.1, -0.05) is 18.2 Å². The summed E-state index contributed by atoms with van der Waals surface area (Å²) in [6, 6.07) is 13.6. The summed E-state index contributed by atoms with van der Waals surface area (Å²) in [5.41, 5.74) is 2.36. The number of likely N-dealkylation sites (tertiary alicyclic amines) is 1. The maximum Gasteiger partial charge on any atom is 0.404 e. The van der Waals surface area contributed by atoms with E-state index in [4.69, 9.17) is 5.26 Å². The molecule has 3 heterocycles. The molecule has 2 aromatic carbocycles. The molecule has 0 spiro atoms. The molecule has 3 aromatic rings. The van der Waals surface area contributed by atoms with Crippen molar-refractivity contribution in [2.75, 3.05) is 16.8 Å². The van der Waals surface area contributed by atoms with Crippen LogP contribution in [0, 0.1) is 11.3 Å². The molecule has 8 nitrogen and oxygen atoms in total. The quantitative estimate of drug-likeness (QED) is 0.558. The Kier molecular flexibility index (Phi) is 6.21. The third-order valence-electron chi connectivity index (χ3n) is 6.74. The first-order valence-electron chi connectivity index (χ1n) is 11.8. The highest BCUT2D eigenvalue weighted by Crippen LogP contribution is 2.35. The van der Waals surface area contributed by atoms with Crippen LogP contribution in [0.15, 0.2) is 54.7 Å². The Morgan fingerprint density at radius 3 is 2.62 bits per heavy atom. The van der Waals surface area contributed by atoms with Crippen LogP contribution in [0.3, 0.4) is 0 Å². The lowest BCUT2D eigenvalue weighted by atomic mass is 10.0. The first kappa shape index (κ1) is 24.5. The molecule has 0 saturated carbocycles. The Balaban J connectivity index is 1.34. The number of carbonyl (C=O) groups is 2. The van der Waals surface area contributed by atoms with E-state index >= 15 is 0 Å².